The number of pyridine rings is 1. The van der Waals surface area contributed by atoms with Gasteiger partial charge in [-0.2, -0.15) is 0 Å². The van der Waals surface area contributed by atoms with Crippen LogP contribution in [0.25, 0.3) is 16.6 Å². The molecule has 4 heteroatoms. The van der Waals surface area contributed by atoms with E-state index in [-0.39, 0.29) is 0 Å². The summed E-state index contributed by atoms with van der Waals surface area (Å²) in [6.45, 7) is 16.7. The molecule has 0 unspecified atom stereocenters. The molecule has 0 bridgehead atoms. The topological polar surface area (TPSA) is 77.0 Å². The van der Waals surface area contributed by atoms with Crippen LogP contribution in [0.2, 0.25) is 0 Å². The summed E-state index contributed by atoms with van der Waals surface area (Å²) in [4.78, 5) is 4.31. The highest BCUT2D eigenvalue weighted by Crippen LogP contribution is 2.19. The summed E-state index contributed by atoms with van der Waals surface area (Å²) in [6, 6.07) is 16.3. The standard InChI is InChI=1S/C13H14N2.C12H18N2.C2H6/c1-9(2)13(14)11-6-5-10-4-3-7-15-12(10)8-11;1-4-10(3)14-12-7-11(8-13)6-5-9(12)2;1-2/h3-8H,14H2,1-2H3;5-7,14H,3-4,8,13H2,1-2H3;1-2H3. The van der Waals surface area contributed by atoms with Crippen molar-refractivity contribution in [1.82, 2.24) is 4.98 Å². The van der Waals surface area contributed by atoms with Crippen molar-refractivity contribution in [2.45, 2.75) is 54.5 Å². The third-order valence-corrected chi connectivity index (χ3v) is 4.73. The van der Waals surface area contributed by atoms with Gasteiger partial charge in [0.1, 0.15) is 0 Å². The number of hydrogen-bond donors (Lipinski definition) is 3. The van der Waals surface area contributed by atoms with Gasteiger partial charge in [-0.15, -0.1) is 0 Å². The number of aromatic nitrogens is 1. The van der Waals surface area contributed by atoms with Crippen LogP contribution < -0.4 is 16.8 Å². The molecule has 5 N–H and O–H groups in total. The number of hydrogen-bond acceptors (Lipinski definition) is 4. The largest absolute Gasteiger partial charge is 0.398 e. The Kier molecular flexibility index (Phi) is 11.1. The van der Waals surface area contributed by atoms with Gasteiger partial charge in [0.2, 0.25) is 0 Å². The molecule has 0 aliphatic carbocycles. The van der Waals surface area contributed by atoms with Crippen LogP contribution in [-0.4, -0.2) is 4.98 Å². The van der Waals surface area contributed by atoms with Gasteiger partial charge in [-0.25, -0.2) is 0 Å². The zero-order chi connectivity index (χ0) is 23.4. The minimum absolute atomic E-state index is 0.577. The lowest BCUT2D eigenvalue weighted by molar-refractivity contribution is 1.06. The summed E-state index contributed by atoms with van der Waals surface area (Å²) in [7, 11) is 0. The highest BCUT2D eigenvalue weighted by Gasteiger charge is 2.01. The number of nitrogens with one attached hydrogen (secondary N) is 1. The Hall–Kier alpha value is -3.11. The fourth-order valence-corrected chi connectivity index (χ4v) is 2.73. The summed E-state index contributed by atoms with van der Waals surface area (Å²) in [6.07, 6.45) is 2.73. The molecule has 1 heterocycles. The maximum absolute atomic E-state index is 5.98. The van der Waals surface area contributed by atoms with Crippen molar-refractivity contribution in [2.75, 3.05) is 5.32 Å². The zero-order valence-electron chi connectivity index (χ0n) is 19.9. The van der Waals surface area contributed by atoms with E-state index in [4.69, 9.17) is 11.5 Å². The van der Waals surface area contributed by atoms with E-state index in [1.807, 2.05) is 58.0 Å². The van der Waals surface area contributed by atoms with Crippen LogP contribution in [0.3, 0.4) is 0 Å². The molecule has 0 radical (unpaired) electrons. The fourth-order valence-electron chi connectivity index (χ4n) is 2.73. The molecule has 0 saturated heterocycles. The van der Waals surface area contributed by atoms with Gasteiger partial charge in [0.15, 0.2) is 0 Å². The Morgan fingerprint density at radius 2 is 1.77 bits per heavy atom. The molecule has 0 atom stereocenters. The first-order chi connectivity index (χ1) is 14.8. The number of benzene rings is 2. The van der Waals surface area contributed by atoms with Crippen molar-refractivity contribution >= 4 is 22.3 Å². The zero-order valence-corrected chi connectivity index (χ0v) is 19.9. The molecule has 0 fully saturated rings. The quantitative estimate of drug-likeness (QED) is 0.428. The number of nitrogens with zero attached hydrogens (tertiary/aromatic N) is 1. The second-order valence-electron chi connectivity index (χ2n) is 7.26. The Morgan fingerprint density at radius 3 is 2.39 bits per heavy atom. The molecule has 3 aromatic rings. The monoisotopic (exact) mass is 418 g/mol. The van der Waals surface area contributed by atoms with E-state index >= 15 is 0 Å². The van der Waals surface area contributed by atoms with Crippen molar-refractivity contribution in [3.63, 3.8) is 0 Å². The lowest BCUT2D eigenvalue weighted by Crippen LogP contribution is -2.02. The molecule has 3 rings (SSSR count). The van der Waals surface area contributed by atoms with Crippen LogP contribution in [0.15, 0.2) is 72.6 Å². The molecular formula is C27H38N4. The number of anilines is 1. The molecule has 0 aliphatic rings. The molecular weight excluding hydrogens is 380 g/mol. The van der Waals surface area contributed by atoms with Crippen LogP contribution in [0.1, 0.15) is 57.7 Å². The highest BCUT2D eigenvalue weighted by molar-refractivity contribution is 5.82. The molecule has 4 nitrogen and oxygen atoms in total. The number of nitrogens with two attached hydrogens (primary N) is 2. The maximum atomic E-state index is 5.98. The molecule has 0 aliphatic heterocycles. The van der Waals surface area contributed by atoms with Gasteiger partial charge in [-0.05, 0) is 62.1 Å². The second-order valence-corrected chi connectivity index (χ2v) is 7.26. The van der Waals surface area contributed by atoms with E-state index < -0.39 is 0 Å². The van der Waals surface area contributed by atoms with E-state index in [2.05, 4.69) is 48.9 Å². The molecule has 166 valence electrons. The van der Waals surface area contributed by atoms with Crippen LogP contribution in [0.5, 0.6) is 0 Å². The van der Waals surface area contributed by atoms with Gasteiger partial charge in [-0.1, -0.05) is 63.3 Å². The van der Waals surface area contributed by atoms with Gasteiger partial charge in [0.25, 0.3) is 0 Å². The molecule has 1 aromatic heterocycles. The summed E-state index contributed by atoms with van der Waals surface area (Å²) in [5, 5.41) is 4.43. The van der Waals surface area contributed by atoms with Gasteiger partial charge in [0.05, 0.1) is 5.52 Å². The molecule has 0 saturated carbocycles. The smallest absolute Gasteiger partial charge is 0.0708 e. The SMILES string of the molecule is C=C(CC)Nc1cc(CN)ccc1C.CC.CC(C)=C(N)c1ccc2cccnc2c1. The lowest BCUT2D eigenvalue weighted by Gasteiger charge is -2.11. The summed E-state index contributed by atoms with van der Waals surface area (Å²) in [5.74, 6) is 0. The van der Waals surface area contributed by atoms with Crippen LogP contribution in [0.4, 0.5) is 5.69 Å². The van der Waals surface area contributed by atoms with E-state index in [1.165, 1.54) is 5.56 Å². The molecule has 31 heavy (non-hydrogen) atoms. The minimum atomic E-state index is 0.577. The minimum Gasteiger partial charge on any atom is -0.398 e. The van der Waals surface area contributed by atoms with Crippen LogP contribution in [0, 0.1) is 6.92 Å². The Bertz CT molecular complexity index is 1010. The van der Waals surface area contributed by atoms with Crippen molar-refractivity contribution in [2.24, 2.45) is 11.5 Å². The number of fused-ring (bicyclic) bond motifs is 1. The first kappa shape index (κ1) is 25.9. The average molecular weight is 419 g/mol. The molecule has 2 aromatic carbocycles. The van der Waals surface area contributed by atoms with Gasteiger partial charge in [-0.3, -0.25) is 4.98 Å². The fraction of sp³-hybridized carbons (Fsp3) is 0.296. The third-order valence-electron chi connectivity index (χ3n) is 4.73. The van der Waals surface area contributed by atoms with Crippen molar-refractivity contribution in [3.8, 4) is 0 Å². The predicted octanol–water partition coefficient (Wildman–Crippen LogP) is 6.76. The van der Waals surface area contributed by atoms with E-state index in [0.717, 1.165) is 51.1 Å². The Morgan fingerprint density at radius 1 is 1.06 bits per heavy atom. The Labute approximate surface area is 188 Å². The number of rotatable bonds is 5. The summed E-state index contributed by atoms with van der Waals surface area (Å²) in [5.41, 5.74) is 20.1. The second kappa shape index (κ2) is 13.2. The first-order valence-electron chi connectivity index (χ1n) is 10.9. The van der Waals surface area contributed by atoms with Gasteiger partial charge >= 0.3 is 0 Å². The number of aryl methyl sites for hydroxylation is 1. The summed E-state index contributed by atoms with van der Waals surface area (Å²) < 4.78 is 0. The molecule has 0 spiro atoms. The van der Waals surface area contributed by atoms with E-state index in [1.54, 1.807) is 6.20 Å². The lowest BCUT2D eigenvalue weighted by atomic mass is 10.1. The van der Waals surface area contributed by atoms with Gasteiger partial charge < -0.3 is 16.8 Å². The molecule has 0 amide bonds. The normalized spacial score (nSPS) is 9.65. The van der Waals surface area contributed by atoms with Crippen molar-refractivity contribution in [1.29, 1.82) is 0 Å². The third kappa shape index (κ3) is 7.91. The summed E-state index contributed by atoms with van der Waals surface area (Å²) >= 11 is 0. The average Bonchev–Trinajstić information content (AvgIpc) is 2.81. The predicted molar refractivity (Wildman–Crippen MR) is 138 cm³/mol. The number of allylic oxidation sites excluding steroid dienone is 2. The highest BCUT2D eigenvalue weighted by atomic mass is 14.9. The van der Waals surface area contributed by atoms with Crippen LogP contribution >= 0.6 is 0 Å². The van der Waals surface area contributed by atoms with E-state index in [0.29, 0.717) is 6.54 Å². The van der Waals surface area contributed by atoms with Crippen molar-refractivity contribution < 1.29 is 0 Å². The van der Waals surface area contributed by atoms with Crippen LogP contribution in [-0.2, 0) is 6.54 Å². The maximum Gasteiger partial charge on any atom is 0.0708 e. The Balaban J connectivity index is 0.000000288. The van der Waals surface area contributed by atoms with Gasteiger partial charge in [0, 0.05) is 35.2 Å². The van der Waals surface area contributed by atoms with E-state index in [9.17, 15) is 0 Å². The van der Waals surface area contributed by atoms with Crippen molar-refractivity contribution in [3.05, 3.63) is 89.3 Å². The first-order valence-corrected chi connectivity index (χ1v) is 10.9.